The predicted octanol–water partition coefficient (Wildman–Crippen LogP) is 1.36. The maximum atomic E-state index is 11.7. The van der Waals surface area contributed by atoms with Gasteiger partial charge in [0.2, 0.25) is 0 Å². The van der Waals surface area contributed by atoms with Crippen LogP contribution in [0.2, 0.25) is 0 Å². The number of benzene rings is 1. The summed E-state index contributed by atoms with van der Waals surface area (Å²) in [7, 11) is 1.75. The molecule has 0 aromatic heterocycles. The highest BCUT2D eigenvalue weighted by Gasteiger charge is 2.20. The molecule has 0 saturated heterocycles. The minimum atomic E-state index is -0.310. The number of carbonyl (C=O) groups is 1. The van der Waals surface area contributed by atoms with Gasteiger partial charge in [-0.25, -0.2) is 0 Å². The summed E-state index contributed by atoms with van der Waals surface area (Å²) in [6.07, 6.45) is 0. The van der Waals surface area contributed by atoms with Crippen LogP contribution in [0.4, 0.5) is 0 Å². The molecule has 0 atom stereocenters. The van der Waals surface area contributed by atoms with Crippen LogP contribution < -0.4 is 5.32 Å². The first-order valence-corrected chi connectivity index (χ1v) is 5.40. The molecule has 0 saturated carbocycles. The smallest absolute Gasteiger partial charge is 0.176 e. The molecule has 0 fully saturated rings. The molecule has 1 aromatic carbocycles. The molecular formula is C13H19NO2. The molecule has 1 rings (SSSR count). The molecule has 16 heavy (non-hydrogen) atoms. The van der Waals surface area contributed by atoms with Crippen molar-refractivity contribution in [1.82, 2.24) is 5.32 Å². The van der Waals surface area contributed by atoms with E-state index in [1.165, 1.54) is 0 Å². The van der Waals surface area contributed by atoms with Crippen LogP contribution in [0, 0.1) is 0 Å². The third-order valence-electron chi connectivity index (χ3n) is 2.70. The normalized spacial score (nSPS) is 11.5. The predicted molar refractivity (Wildman–Crippen MR) is 64.8 cm³/mol. The molecule has 3 heteroatoms. The quantitative estimate of drug-likeness (QED) is 0.738. The highest BCUT2D eigenvalue weighted by molar-refractivity contribution is 5.97. The number of Topliss-reactive ketones (excluding diaryl/α,β-unsaturated/α-hetero) is 1. The summed E-state index contributed by atoms with van der Waals surface area (Å²) in [5.74, 6) is 0.0677. The summed E-state index contributed by atoms with van der Waals surface area (Å²) in [5.41, 5.74) is 1.36. The van der Waals surface area contributed by atoms with Gasteiger partial charge in [-0.2, -0.15) is 0 Å². The number of likely N-dealkylation sites (N-methyl/N-ethyl adjacent to an activating group) is 1. The van der Waals surface area contributed by atoms with Gasteiger partial charge in [0.1, 0.15) is 0 Å². The van der Waals surface area contributed by atoms with Crippen molar-refractivity contribution in [3.8, 4) is 0 Å². The molecule has 0 aliphatic carbocycles. The summed E-state index contributed by atoms with van der Waals surface area (Å²) in [6, 6.07) is 7.45. The Kier molecular flexibility index (Phi) is 4.21. The lowest BCUT2D eigenvalue weighted by Gasteiger charge is -2.22. The van der Waals surface area contributed by atoms with Crippen molar-refractivity contribution in [3.05, 3.63) is 35.4 Å². The van der Waals surface area contributed by atoms with E-state index in [0.717, 1.165) is 5.56 Å². The van der Waals surface area contributed by atoms with Crippen LogP contribution >= 0.6 is 0 Å². The second-order valence-electron chi connectivity index (χ2n) is 4.58. The highest BCUT2D eigenvalue weighted by atomic mass is 16.3. The molecule has 0 bridgehead atoms. The summed E-state index contributed by atoms with van der Waals surface area (Å²) in [6.45, 7) is 4.31. The molecule has 0 aliphatic heterocycles. The fourth-order valence-corrected chi connectivity index (χ4v) is 1.47. The topological polar surface area (TPSA) is 49.3 Å². The molecule has 2 N–H and O–H groups in total. The Morgan fingerprint density at radius 3 is 2.69 bits per heavy atom. The second-order valence-corrected chi connectivity index (χ2v) is 4.58. The minimum absolute atomic E-state index is 0.0661. The van der Waals surface area contributed by atoms with Crippen LogP contribution in [0.25, 0.3) is 0 Å². The van der Waals surface area contributed by atoms with E-state index in [2.05, 4.69) is 5.32 Å². The standard InChI is InChI=1S/C13H19NO2/c1-13(2,9-15)11-6-4-5-10(7-11)12(16)8-14-3/h4-7,14-15H,8-9H2,1-3H3. The first kappa shape index (κ1) is 12.9. The molecule has 0 unspecified atom stereocenters. The van der Waals surface area contributed by atoms with Crippen molar-refractivity contribution in [2.24, 2.45) is 0 Å². The van der Waals surface area contributed by atoms with Gasteiger partial charge >= 0.3 is 0 Å². The van der Waals surface area contributed by atoms with E-state index >= 15 is 0 Å². The lowest BCUT2D eigenvalue weighted by molar-refractivity contribution is 0.0993. The zero-order valence-electron chi connectivity index (χ0n) is 10.1. The molecule has 88 valence electrons. The maximum absolute atomic E-state index is 11.7. The molecule has 0 radical (unpaired) electrons. The van der Waals surface area contributed by atoms with Crippen molar-refractivity contribution in [2.45, 2.75) is 19.3 Å². The largest absolute Gasteiger partial charge is 0.395 e. The van der Waals surface area contributed by atoms with Crippen LogP contribution in [0.15, 0.2) is 24.3 Å². The minimum Gasteiger partial charge on any atom is -0.395 e. The number of rotatable bonds is 5. The number of ketones is 1. The fourth-order valence-electron chi connectivity index (χ4n) is 1.47. The molecule has 0 heterocycles. The van der Waals surface area contributed by atoms with E-state index in [1.807, 2.05) is 32.0 Å². The van der Waals surface area contributed by atoms with E-state index in [1.54, 1.807) is 13.1 Å². The van der Waals surface area contributed by atoms with Crippen molar-refractivity contribution in [2.75, 3.05) is 20.2 Å². The Bertz CT molecular complexity index is 372. The maximum Gasteiger partial charge on any atom is 0.176 e. The van der Waals surface area contributed by atoms with Gasteiger partial charge in [-0.15, -0.1) is 0 Å². The third-order valence-corrected chi connectivity index (χ3v) is 2.70. The number of aliphatic hydroxyl groups is 1. The summed E-state index contributed by atoms with van der Waals surface area (Å²) >= 11 is 0. The second kappa shape index (κ2) is 5.23. The van der Waals surface area contributed by atoms with Crippen LogP contribution in [0.5, 0.6) is 0 Å². The van der Waals surface area contributed by atoms with Gasteiger partial charge in [0.05, 0.1) is 13.2 Å². The van der Waals surface area contributed by atoms with Crippen LogP contribution in [0.1, 0.15) is 29.8 Å². The first-order chi connectivity index (χ1) is 7.51. The Morgan fingerprint density at radius 2 is 2.12 bits per heavy atom. The Labute approximate surface area is 96.5 Å². The van der Waals surface area contributed by atoms with E-state index in [9.17, 15) is 9.90 Å². The van der Waals surface area contributed by atoms with E-state index < -0.39 is 0 Å². The molecule has 0 spiro atoms. The van der Waals surface area contributed by atoms with Gasteiger partial charge < -0.3 is 10.4 Å². The van der Waals surface area contributed by atoms with Gasteiger partial charge in [-0.3, -0.25) is 4.79 Å². The number of nitrogens with one attached hydrogen (secondary N) is 1. The monoisotopic (exact) mass is 221 g/mol. The third kappa shape index (κ3) is 2.90. The zero-order chi connectivity index (χ0) is 12.2. The summed E-state index contributed by atoms with van der Waals surface area (Å²) < 4.78 is 0. The number of hydrogen-bond donors (Lipinski definition) is 2. The van der Waals surface area contributed by atoms with Gasteiger partial charge in [0.25, 0.3) is 0 Å². The van der Waals surface area contributed by atoms with E-state index in [4.69, 9.17) is 0 Å². The van der Waals surface area contributed by atoms with Crippen LogP contribution in [0.3, 0.4) is 0 Å². The number of aliphatic hydroxyl groups excluding tert-OH is 1. The summed E-state index contributed by atoms with van der Waals surface area (Å²) in [5, 5.41) is 12.1. The summed E-state index contributed by atoms with van der Waals surface area (Å²) in [4.78, 5) is 11.7. The van der Waals surface area contributed by atoms with Gasteiger partial charge in [0.15, 0.2) is 5.78 Å². The molecule has 3 nitrogen and oxygen atoms in total. The SMILES string of the molecule is CNCC(=O)c1cccc(C(C)(C)CO)c1. The van der Waals surface area contributed by atoms with Crippen LogP contribution in [-0.4, -0.2) is 31.1 Å². The van der Waals surface area contributed by atoms with Gasteiger partial charge in [-0.1, -0.05) is 32.0 Å². The molecule has 1 aromatic rings. The lowest BCUT2D eigenvalue weighted by Crippen LogP contribution is -2.23. The van der Waals surface area contributed by atoms with Crippen molar-refractivity contribution < 1.29 is 9.90 Å². The van der Waals surface area contributed by atoms with E-state index in [0.29, 0.717) is 12.1 Å². The number of carbonyl (C=O) groups excluding carboxylic acids is 1. The molecule has 0 aliphatic rings. The zero-order valence-corrected chi connectivity index (χ0v) is 10.1. The van der Waals surface area contributed by atoms with Crippen molar-refractivity contribution >= 4 is 5.78 Å². The number of hydrogen-bond acceptors (Lipinski definition) is 3. The fraction of sp³-hybridized carbons (Fsp3) is 0.462. The van der Waals surface area contributed by atoms with Crippen molar-refractivity contribution in [1.29, 1.82) is 0 Å². The van der Waals surface area contributed by atoms with Gasteiger partial charge in [-0.05, 0) is 18.7 Å². The Hall–Kier alpha value is -1.19. The van der Waals surface area contributed by atoms with Crippen LogP contribution in [-0.2, 0) is 5.41 Å². The van der Waals surface area contributed by atoms with Gasteiger partial charge in [0, 0.05) is 11.0 Å². The average Bonchev–Trinajstić information content (AvgIpc) is 2.29. The van der Waals surface area contributed by atoms with Crippen molar-refractivity contribution in [3.63, 3.8) is 0 Å². The molecular weight excluding hydrogens is 202 g/mol. The lowest BCUT2D eigenvalue weighted by atomic mass is 9.84. The first-order valence-electron chi connectivity index (χ1n) is 5.40. The Balaban J connectivity index is 3.00. The Morgan fingerprint density at radius 1 is 1.44 bits per heavy atom. The molecule has 0 amide bonds. The average molecular weight is 221 g/mol. The highest BCUT2D eigenvalue weighted by Crippen LogP contribution is 2.23. The van der Waals surface area contributed by atoms with E-state index in [-0.39, 0.29) is 17.8 Å².